The molecule has 0 bridgehead atoms. The van der Waals surface area contributed by atoms with Gasteiger partial charge in [-0.2, -0.15) is 0 Å². The van der Waals surface area contributed by atoms with Crippen molar-refractivity contribution in [3.05, 3.63) is 102 Å². The first kappa shape index (κ1) is 23.6. The van der Waals surface area contributed by atoms with Gasteiger partial charge in [0.25, 0.3) is 5.91 Å². The van der Waals surface area contributed by atoms with E-state index in [9.17, 15) is 9.90 Å². The van der Waals surface area contributed by atoms with Crippen molar-refractivity contribution in [3.63, 3.8) is 0 Å². The van der Waals surface area contributed by atoms with E-state index in [1.165, 1.54) is 0 Å². The normalized spacial score (nSPS) is 12.1. The SMILES string of the molecule is CC(C)(C)c1cc(C(=O)N(c2ccccc2)c2cccc3ccccc23)cc(C(C)(C)C)c1O. The minimum absolute atomic E-state index is 0.126. The van der Waals surface area contributed by atoms with Gasteiger partial charge in [-0.3, -0.25) is 9.69 Å². The van der Waals surface area contributed by atoms with Gasteiger partial charge in [0, 0.05) is 27.8 Å². The zero-order valence-electron chi connectivity index (χ0n) is 20.9. The third-order valence-electron chi connectivity index (χ3n) is 6.20. The number of anilines is 2. The topological polar surface area (TPSA) is 40.5 Å². The lowest BCUT2D eigenvalue weighted by Gasteiger charge is -2.30. The molecule has 0 radical (unpaired) electrons. The fourth-order valence-corrected chi connectivity index (χ4v) is 4.38. The fourth-order valence-electron chi connectivity index (χ4n) is 4.38. The summed E-state index contributed by atoms with van der Waals surface area (Å²) in [4.78, 5) is 16.1. The summed E-state index contributed by atoms with van der Waals surface area (Å²) in [5, 5.41) is 13.2. The van der Waals surface area contributed by atoms with Crippen molar-refractivity contribution in [1.82, 2.24) is 0 Å². The largest absolute Gasteiger partial charge is 0.507 e. The van der Waals surface area contributed by atoms with Crippen molar-refractivity contribution in [2.24, 2.45) is 0 Å². The van der Waals surface area contributed by atoms with Crippen LogP contribution in [-0.2, 0) is 10.8 Å². The van der Waals surface area contributed by atoms with Crippen molar-refractivity contribution in [2.45, 2.75) is 52.4 Å². The van der Waals surface area contributed by atoms with Gasteiger partial charge in [-0.1, -0.05) is 96.1 Å². The maximum Gasteiger partial charge on any atom is 0.262 e. The lowest BCUT2D eigenvalue weighted by atomic mass is 9.78. The number of rotatable bonds is 3. The van der Waals surface area contributed by atoms with E-state index in [0.29, 0.717) is 5.56 Å². The van der Waals surface area contributed by atoms with E-state index in [1.54, 1.807) is 4.90 Å². The minimum Gasteiger partial charge on any atom is -0.507 e. The van der Waals surface area contributed by atoms with Crippen LogP contribution >= 0.6 is 0 Å². The molecule has 4 aromatic carbocycles. The summed E-state index contributed by atoms with van der Waals surface area (Å²) >= 11 is 0. The summed E-state index contributed by atoms with van der Waals surface area (Å²) in [6.07, 6.45) is 0. The van der Waals surface area contributed by atoms with E-state index in [1.807, 2.05) is 72.8 Å². The van der Waals surface area contributed by atoms with Crippen LogP contribution in [0.25, 0.3) is 10.8 Å². The molecule has 0 unspecified atom stereocenters. The van der Waals surface area contributed by atoms with Gasteiger partial charge in [-0.25, -0.2) is 0 Å². The Labute approximate surface area is 202 Å². The third kappa shape index (κ3) is 4.43. The van der Waals surface area contributed by atoms with Crippen LogP contribution in [0.15, 0.2) is 84.9 Å². The minimum atomic E-state index is -0.322. The van der Waals surface area contributed by atoms with Crippen molar-refractivity contribution in [3.8, 4) is 5.75 Å². The number of hydrogen-bond donors (Lipinski definition) is 1. The molecule has 0 aliphatic carbocycles. The van der Waals surface area contributed by atoms with Crippen LogP contribution in [0.1, 0.15) is 63.0 Å². The quantitative estimate of drug-likeness (QED) is 0.342. The summed E-state index contributed by atoms with van der Waals surface area (Å²) < 4.78 is 0. The molecule has 0 aromatic heterocycles. The second-order valence-corrected chi connectivity index (χ2v) is 10.9. The Hall–Kier alpha value is -3.59. The highest BCUT2D eigenvalue weighted by molar-refractivity contribution is 6.15. The van der Waals surface area contributed by atoms with E-state index in [0.717, 1.165) is 33.3 Å². The highest BCUT2D eigenvalue weighted by atomic mass is 16.3. The lowest BCUT2D eigenvalue weighted by Crippen LogP contribution is -2.28. The van der Waals surface area contributed by atoms with Gasteiger partial charge in [-0.15, -0.1) is 0 Å². The lowest BCUT2D eigenvalue weighted by molar-refractivity contribution is 0.0999. The predicted molar refractivity (Wildman–Crippen MR) is 142 cm³/mol. The molecular formula is C31H33NO2. The number of aromatic hydroxyl groups is 1. The average Bonchev–Trinajstić information content (AvgIpc) is 2.78. The van der Waals surface area contributed by atoms with Crippen molar-refractivity contribution < 1.29 is 9.90 Å². The molecule has 0 atom stereocenters. The van der Waals surface area contributed by atoms with Crippen LogP contribution in [0.3, 0.4) is 0 Å². The van der Waals surface area contributed by atoms with Crippen molar-refractivity contribution in [2.75, 3.05) is 4.90 Å². The molecule has 0 fully saturated rings. The van der Waals surface area contributed by atoms with Gasteiger partial charge < -0.3 is 5.11 Å². The number of para-hydroxylation sites is 1. The fraction of sp³-hybridized carbons (Fsp3) is 0.258. The van der Waals surface area contributed by atoms with Gasteiger partial charge in [0.2, 0.25) is 0 Å². The zero-order valence-corrected chi connectivity index (χ0v) is 20.9. The Kier molecular flexibility index (Phi) is 5.99. The third-order valence-corrected chi connectivity index (χ3v) is 6.20. The van der Waals surface area contributed by atoms with Crippen LogP contribution in [-0.4, -0.2) is 11.0 Å². The summed E-state index contributed by atoms with van der Waals surface area (Å²) in [7, 11) is 0. The predicted octanol–water partition coefficient (Wildman–Crippen LogP) is 8.12. The molecule has 0 heterocycles. The molecule has 0 saturated carbocycles. The maximum absolute atomic E-state index is 14.3. The second kappa shape index (κ2) is 8.64. The summed E-state index contributed by atoms with van der Waals surface area (Å²) in [5.74, 6) is 0.145. The Bertz CT molecular complexity index is 1300. The average molecular weight is 452 g/mol. The molecule has 0 aliphatic rings. The Morgan fingerprint density at radius 1 is 0.706 bits per heavy atom. The molecule has 3 nitrogen and oxygen atoms in total. The number of carbonyl (C=O) groups excluding carboxylic acids is 1. The molecule has 0 spiro atoms. The number of benzene rings is 4. The molecule has 1 N–H and O–H groups in total. The summed E-state index contributed by atoms with van der Waals surface area (Å²) in [5.41, 5.74) is 3.09. The molecule has 0 saturated heterocycles. The molecule has 4 rings (SSSR count). The van der Waals surface area contributed by atoms with E-state index >= 15 is 0 Å². The molecule has 1 amide bonds. The Balaban J connectivity index is 1.98. The first-order valence-corrected chi connectivity index (χ1v) is 11.7. The van der Waals surface area contributed by atoms with Crippen LogP contribution in [0, 0.1) is 0 Å². The number of fused-ring (bicyclic) bond motifs is 1. The van der Waals surface area contributed by atoms with E-state index < -0.39 is 0 Å². The van der Waals surface area contributed by atoms with E-state index in [2.05, 4.69) is 53.7 Å². The van der Waals surface area contributed by atoms with Gasteiger partial charge in [0.1, 0.15) is 5.75 Å². The number of nitrogens with zero attached hydrogens (tertiary/aromatic N) is 1. The first-order valence-electron chi connectivity index (χ1n) is 11.7. The molecule has 34 heavy (non-hydrogen) atoms. The molecule has 3 heteroatoms. The first-order chi connectivity index (χ1) is 16.0. The summed E-state index contributed by atoms with van der Waals surface area (Å²) in [6.45, 7) is 12.3. The van der Waals surface area contributed by atoms with Crippen LogP contribution in [0.4, 0.5) is 11.4 Å². The number of carbonyl (C=O) groups is 1. The molecule has 174 valence electrons. The van der Waals surface area contributed by atoms with Gasteiger partial charge in [0.05, 0.1) is 5.69 Å². The Morgan fingerprint density at radius 2 is 1.24 bits per heavy atom. The molecular weight excluding hydrogens is 418 g/mol. The van der Waals surface area contributed by atoms with Crippen LogP contribution in [0.5, 0.6) is 5.75 Å². The number of phenolic OH excluding ortho intramolecular Hbond substituents is 1. The van der Waals surface area contributed by atoms with Gasteiger partial charge >= 0.3 is 0 Å². The Morgan fingerprint density at radius 3 is 1.82 bits per heavy atom. The molecule has 4 aromatic rings. The van der Waals surface area contributed by atoms with Gasteiger partial charge in [0.15, 0.2) is 0 Å². The standard InChI is InChI=1S/C31H33NO2/c1-30(2,3)25-19-22(20-26(28(25)33)31(4,5)6)29(34)32(23-15-8-7-9-16-23)27-18-12-14-21-13-10-11-17-24(21)27/h7-20,33H,1-6H3. The number of hydrogen-bond acceptors (Lipinski definition) is 2. The molecule has 0 aliphatic heterocycles. The zero-order chi connectivity index (χ0) is 24.7. The summed E-state index contributed by atoms with van der Waals surface area (Å²) in [6, 6.07) is 27.6. The highest BCUT2D eigenvalue weighted by Crippen LogP contribution is 2.41. The number of amides is 1. The van der Waals surface area contributed by atoms with Crippen LogP contribution in [0.2, 0.25) is 0 Å². The second-order valence-electron chi connectivity index (χ2n) is 10.9. The maximum atomic E-state index is 14.3. The highest BCUT2D eigenvalue weighted by Gasteiger charge is 2.30. The smallest absolute Gasteiger partial charge is 0.262 e. The van der Waals surface area contributed by atoms with E-state index in [4.69, 9.17) is 0 Å². The monoisotopic (exact) mass is 451 g/mol. The van der Waals surface area contributed by atoms with E-state index in [-0.39, 0.29) is 22.5 Å². The van der Waals surface area contributed by atoms with Crippen molar-refractivity contribution in [1.29, 1.82) is 0 Å². The van der Waals surface area contributed by atoms with Crippen LogP contribution < -0.4 is 4.90 Å². The number of phenols is 1. The van der Waals surface area contributed by atoms with Crippen molar-refractivity contribution >= 4 is 28.1 Å². The van der Waals surface area contributed by atoms with Gasteiger partial charge in [-0.05, 0) is 46.5 Å².